The van der Waals surface area contributed by atoms with E-state index in [1.165, 1.54) is 12.8 Å². The highest BCUT2D eigenvalue weighted by atomic mass is 16.5. The van der Waals surface area contributed by atoms with Crippen molar-refractivity contribution < 1.29 is 5.21 Å². The van der Waals surface area contributed by atoms with Crippen LogP contribution in [0, 0.1) is 5.41 Å². The van der Waals surface area contributed by atoms with Gasteiger partial charge in [-0.05, 0) is 24.7 Å². The van der Waals surface area contributed by atoms with Crippen LogP contribution in [0.15, 0.2) is 4.99 Å². The van der Waals surface area contributed by atoms with Crippen molar-refractivity contribution in [3.05, 3.63) is 0 Å². The molecule has 0 aromatic heterocycles. The predicted molar refractivity (Wildman–Crippen MR) is 52.6 cm³/mol. The molecule has 0 amide bonds. The van der Waals surface area contributed by atoms with Gasteiger partial charge in [0.25, 0.3) is 0 Å². The molecule has 1 rings (SSSR count). The Bertz CT molecular complexity index is 201. The topological polar surface area (TPSA) is 70.6 Å². The second-order valence-corrected chi connectivity index (χ2v) is 4.54. The lowest BCUT2D eigenvalue weighted by Crippen LogP contribution is -2.33. The van der Waals surface area contributed by atoms with E-state index in [2.05, 4.69) is 18.8 Å². The van der Waals surface area contributed by atoms with Gasteiger partial charge in [0.05, 0.1) is 6.04 Å². The van der Waals surface area contributed by atoms with Crippen molar-refractivity contribution in [1.82, 2.24) is 5.48 Å². The van der Waals surface area contributed by atoms with Gasteiger partial charge in [0, 0.05) is 0 Å². The fourth-order valence-electron chi connectivity index (χ4n) is 1.99. The van der Waals surface area contributed by atoms with E-state index in [0.29, 0.717) is 5.41 Å². The van der Waals surface area contributed by atoms with E-state index >= 15 is 0 Å². The Morgan fingerprint density at radius 3 is 2.85 bits per heavy atom. The maximum absolute atomic E-state index is 8.49. The molecule has 1 aliphatic rings. The fourth-order valence-corrected chi connectivity index (χ4v) is 1.99. The van der Waals surface area contributed by atoms with Crippen LogP contribution in [0.1, 0.15) is 39.5 Å². The number of hydroxylamine groups is 1. The van der Waals surface area contributed by atoms with Crippen molar-refractivity contribution in [3.8, 4) is 0 Å². The third kappa shape index (κ3) is 3.22. The van der Waals surface area contributed by atoms with Crippen molar-refractivity contribution >= 4 is 5.96 Å². The lowest BCUT2D eigenvalue weighted by molar-refractivity contribution is 0.213. The maximum atomic E-state index is 8.49. The van der Waals surface area contributed by atoms with Gasteiger partial charge in [-0.1, -0.05) is 20.3 Å². The Morgan fingerprint density at radius 1 is 1.62 bits per heavy atom. The summed E-state index contributed by atoms with van der Waals surface area (Å²) in [7, 11) is 0. The predicted octanol–water partition coefficient (Wildman–Crippen LogP) is 1.25. The first kappa shape index (κ1) is 10.3. The van der Waals surface area contributed by atoms with Crippen LogP contribution < -0.4 is 11.2 Å². The van der Waals surface area contributed by atoms with E-state index in [1.54, 1.807) is 0 Å². The van der Waals surface area contributed by atoms with Crippen LogP contribution in [-0.2, 0) is 0 Å². The molecule has 13 heavy (non-hydrogen) atoms. The molecule has 0 saturated heterocycles. The van der Waals surface area contributed by atoms with Gasteiger partial charge in [-0.2, -0.15) is 0 Å². The first-order valence-electron chi connectivity index (χ1n) is 4.77. The average Bonchev–Trinajstić information content (AvgIpc) is 2.02. The van der Waals surface area contributed by atoms with Gasteiger partial charge >= 0.3 is 0 Å². The zero-order valence-electron chi connectivity index (χ0n) is 8.38. The number of nitrogens with one attached hydrogen (secondary N) is 1. The zero-order chi connectivity index (χ0) is 9.90. The quantitative estimate of drug-likeness (QED) is 0.327. The molecular weight excluding hydrogens is 166 g/mol. The number of rotatable bonds is 1. The Labute approximate surface area is 79.2 Å². The van der Waals surface area contributed by atoms with E-state index in [1.807, 2.05) is 5.48 Å². The summed E-state index contributed by atoms with van der Waals surface area (Å²) in [6.07, 6.45) is 4.58. The molecule has 0 aromatic carbocycles. The molecule has 0 aliphatic heterocycles. The number of hydrogen-bond donors (Lipinski definition) is 3. The molecule has 1 unspecified atom stereocenters. The average molecular weight is 185 g/mol. The molecule has 1 fully saturated rings. The number of nitrogens with zero attached hydrogens (tertiary/aromatic N) is 1. The SMILES string of the molecule is CC1(C)CCCC(N=C(N)NO)C1. The summed E-state index contributed by atoms with van der Waals surface area (Å²) in [5.41, 5.74) is 7.61. The second kappa shape index (κ2) is 3.96. The van der Waals surface area contributed by atoms with Gasteiger partial charge in [-0.25, -0.2) is 10.5 Å². The first-order valence-corrected chi connectivity index (χ1v) is 4.77. The largest absolute Gasteiger partial charge is 0.368 e. The highest BCUT2D eigenvalue weighted by molar-refractivity contribution is 5.76. The molecule has 1 atom stereocenters. The van der Waals surface area contributed by atoms with Crippen LogP contribution in [-0.4, -0.2) is 17.2 Å². The van der Waals surface area contributed by atoms with Gasteiger partial charge in [0.15, 0.2) is 0 Å². The monoisotopic (exact) mass is 185 g/mol. The summed E-state index contributed by atoms with van der Waals surface area (Å²) in [6.45, 7) is 4.49. The van der Waals surface area contributed by atoms with E-state index < -0.39 is 0 Å². The molecule has 1 saturated carbocycles. The van der Waals surface area contributed by atoms with Crippen molar-refractivity contribution in [1.29, 1.82) is 0 Å². The molecular formula is C9H19N3O. The van der Waals surface area contributed by atoms with E-state index in [-0.39, 0.29) is 12.0 Å². The molecule has 0 aromatic rings. The minimum atomic E-state index is 0.128. The van der Waals surface area contributed by atoms with Crippen LogP contribution in [0.5, 0.6) is 0 Å². The van der Waals surface area contributed by atoms with Crippen LogP contribution in [0.4, 0.5) is 0 Å². The molecule has 4 nitrogen and oxygen atoms in total. The van der Waals surface area contributed by atoms with Crippen molar-refractivity contribution in [2.45, 2.75) is 45.6 Å². The molecule has 4 heteroatoms. The summed E-state index contributed by atoms with van der Waals surface area (Å²) >= 11 is 0. The molecule has 76 valence electrons. The zero-order valence-corrected chi connectivity index (χ0v) is 8.38. The molecule has 0 radical (unpaired) electrons. The smallest absolute Gasteiger partial charge is 0.213 e. The van der Waals surface area contributed by atoms with Gasteiger partial charge in [-0.3, -0.25) is 5.21 Å². The van der Waals surface area contributed by atoms with Crippen molar-refractivity contribution in [2.24, 2.45) is 16.1 Å². The highest BCUT2D eigenvalue weighted by Crippen LogP contribution is 2.36. The summed E-state index contributed by atoms with van der Waals surface area (Å²) in [5.74, 6) is 0.128. The fraction of sp³-hybridized carbons (Fsp3) is 0.889. The summed E-state index contributed by atoms with van der Waals surface area (Å²) in [5, 5.41) is 8.49. The second-order valence-electron chi connectivity index (χ2n) is 4.54. The maximum Gasteiger partial charge on any atom is 0.213 e. The number of nitrogens with two attached hydrogens (primary N) is 1. The van der Waals surface area contributed by atoms with Gasteiger partial charge in [-0.15, -0.1) is 0 Å². The first-order chi connectivity index (χ1) is 6.03. The molecule has 4 N–H and O–H groups in total. The minimum absolute atomic E-state index is 0.128. The Hall–Kier alpha value is -0.770. The van der Waals surface area contributed by atoms with Gasteiger partial charge in [0.1, 0.15) is 0 Å². The summed E-state index contributed by atoms with van der Waals surface area (Å²) < 4.78 is 0. The number of hydrogen-bond acceptors (Lipinski definition) is 2. The standard InChI is InChI=1S/C9H19N3O/c1-9(2)5-3-4-7(6-9)11-8(10)12-13/h7,13H,3-6H2,1-2H3,(H3,10,11,12). The van der Waals surface area contributed by atoms with Crippen LogP contribution in [0.25, 0.3) is 0 Å². The lowest BCUT2D eigenvalue weighted by Gasteiger charge is -2.33. The van der Waals surface area contributed by atoms with E-state index in [4.69, 9.17) is 10.9 Å². The van der Waals surface area contributed by atoms with Gasteiger partial charge < -0.3 is 5.73 Å². The third-order valence-corrected chi connectivity index (χ3v) is 2.62. The Kier molecular flexibility index (Phi) is 3.14. The molecule has 1 aliphatic carbocycles. The van der Waals surface area contributed by atoms with Gasteiger partial charge in [0.2, 0.25) is 5.96 Å². The minimum Gasteiger partial charge on any atom is -0.368 e. The highest BCUT2D eigenvalue weighted by Gasteiger charge is 2.27. The number of aliphatic imine (C=N–C) groups is 1. The summed E-state index contributed by atoms with van der Waals surface area (Å²) in [6, 6.07) is 0.267. The Balaban J connectivity index is 2.52. The van der Waals surface area contributed by atoms with Crippen LogP contribution in [0.3, 0.4) is 0 Å². The summed E-state index contributed by atoms with van der Waals surface area (Å²) in [4.78, 5) is 4.18. The molecule has 0 heterocycles. The number of guanidine groups is 1. The van der Waals surface area contributed by atoms with E-state index in [9.17, 15) is 0 Å². The molecule has 0 bridgehead atoms. The third-order valence-electron chi connectivity index (χ3n) is 2.62. The molecule has 0 spiro atoms. The van der Waals surface area contributed by atoms with Crippen LogP contribution in [0.2, 0.25) is 0 Å². The normalized spacial score (nSPS) is 28.5. The van der Waals surface area contributed by atoms with Crippen molar-refractivity contribution in [3.63, 3.8) is 0 Å². The van der Waals surface area contributed by atoms with E-state index in [0.717, 1.165) is 12.8 Å². The Morgan fingerprint density at radius 2 is 2.31 bits per heavy atom. The van der Waals surface area contributed by atoms with Crippen molar-refractivity contribution in [2.75, 3.05) is 0 Å². The lowest BCUT2D eigenvalue weighted by atomic mass is 9.75. The van der Waals surface area contributed by atoms with Crippen LogP contribution >= 0.6 is 0 Å².